The predicted octanol–water partition coefficient (Wildman–Crippen LogP) is 2.15. The van der Waals surface area contributed by atoms with Crippen molar-refractivity contribution < 1.29 is 14.3 Å². The highest BCUT2D eigenvalue weighted by atomic mass is 16.5. The number of fused-ring (bicyclic) bond motifs is 1. The van der Waals surface area contributed by atoms with Gasteiger partial charge in [-0.1, -0.05) is 0 Å². The number of phenolic OH excluding ortho intramolecular Hbond substituents is 1. The first-order valence-electron chi connectivity index (χ1n) is 3.55. The molecule has 3 heteroatoms. The van der Waals surface area contributed by atoms with Gasteiger partial charge in [-0.25, -0.2) is 0 Å². The molecule has 0 saturated carbocycles. The second-order valence-corrected chi connectivity index (χ2v) is 2.48. The second-order valence-electron chi connectivity index (χ2n) is 2.48. The van der Waals surface area contributed by atoms with E-state index >= 15 is 0 Å². The molecule has 1 aromatic carbocycles. The van der Waals surface area contributed by atoms with Gasteiger partial charge in [-0.2, -0.15) is 0 Å². The van der Waals surface area contributed by atoms with Crippen LogP contribution in [0.25, 0.3) is 11.0 Å². The van der Waals surface area contributed by atoms with Crippen molar-refractivity contribution in [1.29, 1.82) is 0 Å². The maximum Gasteiger partial charge on any atom is 0.141 e. The fourth-order valence-corrected chi connectivity index (χ4v) is 1.19. The van der Waals surface area contributed by atoms with Crippen molar-refractivity contribution in [3.05, 3.63) is 24.5 Å². The minimum Gasteiger partial charge on any atom is -0.508 e. The Bertz CT molecular complexity index is 403. The molecule has 0 spiro atoms. The fourth-order valence-electron chi connectivity index (χ4n) is 1.19. The third kappa shape index (κ3) is 0.906. The zero-order valence-corrected chi connectivity index (χ0v) is 6.57. The number of benzene rings is 1. The molecule has 3 nitrogen and oxygen atoms in total. The number of furan rings is 1. The highest BCUT2D eigenvalue weighted by Gasteiger charge is 2.05. The van der Waals surface area contributed by atoms with Crippen LogP contribution < -0.4 is 4.74 Å². The molecule has 0 aliphatic heterocycles. The van der Waals surface area contributed by atoms with Crippen LogP contribution in [-0.4, -0.2) is 12.2 Å². The molecule has 2 rings (SSSR count). The minimum absolute atomic E-state index is 0.148. The summed E-state index contributed by atoms with van der Waals surface area (Å²) in [5, 5.41) is 10.1. The quantitative estimate of drug-likeness (QED) is 0.702. The van der Waals surface area contributed by atoms with E-state index in [4.69, 9.17) is 9.15 Å². The lowest BCUT2D eigenvalue weighted by molar-refractivity contribution is 0.412. The standard InChI is InChI=1S/C9H8O3/c1-11-8-4-6(10)5-9-7(8)2-3-12-9/h2-5,10H,1H3. The van der Waals surface area contributed by atoms with Crippen LogP contribution in [0.2, 0.25) is 0 Å². The summed E-state index contributed by atoms with van der Waals surface area (Å²) in [4.78, 5) is 0. The van der Waals surface area contributed by atoms with Crippen LogP contribution in [0.5, 0.6) is 11.5 Å². The van der Waals surface area contributed by atoms with Crippen LogP contribution in [0.4, 0.5) is 0 Å². The number of phenols is 1. The first-order chi connectivity index (χ1) is 5.81. The normalized spacial score (nSPS) is 10.4. The summed E-state index contributed by atoms with van der Waals surface area (Å²) in [6.07, 6.45) is 1.56. The summed E-state index contributed by atoms with van der Waals surface area (Å²) in [5.74, 6) is 0.771. The largest absolute Gasteiger partial charge is 0.508 e. The lowest BCUT2D eigenvalue weighted by Gasteiger charge is -2.00. The van der Waals surface area contributed by atoms with Crippen molar-refractivity contribution in [2.45, 2.75) is 0 Å². The van der Waals surface area contributed by atoms with Gasteiger partial charge in [0.1, 0.15) is 17.1 Å². The van der Waals surface area contributed by atoms with E-state index in [9.17, 15) is 5.11 Å². The number of methoxy groups -OCH3 is 1. The first-order valence-corrected chi connectivity index (χ1v) is 3.55. The number of hydrogen-bond acceptors (Lipinski definition) is 3. The van der Waals surface area contributed by atoms with Crippen molar-refractivity contribution in [3.63, 3.8) is 0 Å². The van der Waals surface area contributed by atoms with Gasteiger partial charge in [0.05, 0.1) is 18.8 Å². The molecule has 0 aliphatic carbocycles. The molecule has 0 radical (unpaired) electrons. The molecule has 0 aliphatic rings. The van der Waals surface area contributed by atoms with E-state index in [-0.39, 0.29) is 5.75 Å². The zero-order valence-electron chi connectivity index (χ0n) is 6.57. The van der Waals surface area contributed by atoms with Crippen LogP contribution in [0.1, 0.15) is 0 Å². The Morgan fingerprint density at radius 1 is 1.42 bits per heavy atom. The van der Waals surface area contributed by atoms with Crippen LogP contribution in [0, 0.1) is 0 Å². The van der Waals surface area contributed by atoms with Gasteiger partial charge in [0.15, 0.2) is 0 Å². The van der Waals surface area contributed by atoms with E-state index in [0.29, 0.717) is 11.3 Å². The van der Waals surface area contributed by atoms with Crippen molar-refractivity contribution in [2.75, 3.05) is 7.11 Å². The molecule has 1 heterocycles. The highest BCUT2D eigenvalue weighted by molar-refractivity contribution is 5.85. The van der Waals surface area contributed by atoms with E-state index in [2.05, 4.69) is 0 Å². The van der Waals surface area contributed by atoms with E-state index in [1.807, 2.05) is 0 Å². The van der Waals surface area contributed by atoms with E-state index in [1.54, 1.807) is 31.6 Å². The van der Waals surface area contributed by atoms with E-state index < -0.39 is 0 Å². The van der Waals surface area contributed by atoms with Crippen LogP contribution in [-0.2, 0) is 0 Å². The molecule has 0 saturated heterocycles. The third-order valence-electron chi connectivity index (χ3n) is 1.74. The summed E-state index contributed by atoms with van der Waals surface area (Å²) in [6.45, 7) is 0. The topological polar surface area (TPSA) is 42.6 Å². The highest BCUT2D eigenvalue weighted by Crippen LogP contribution is 2.30. The molecule has 1 aromatic heterocycles. The van der Waals surface area contributed by atoms with E-state index in [1.165, 1.54) is 0 Å². The molecular weight excluding hydrogens is 156 g/mol. The summed E-state index contributed by atoms with van der Waals surface area (Å²) in [7, 11) is 1.56. The predicted molar refractivity (Wildman–Crippen MR) is 44.4 cm³/mol. The first kappa shape index (κ1) is 7.03. The summed E-state index contributed by atoms with van der Waals surface area (Å²) >= 11 is 0. The molecule has 0 bridgehead atoms. The molecule has 62 valence electrons. The third-order valence-corrected chi connectivity index (χ3v) is 1.74. The monoisotopic (exact) mass is 164 g/mol. The zero-order chi connectivity index (χ0) is 8.55. The Hall–Kier alpha value is -1.64. The van der Waals surface area contributed by atoms with E-state index in [0.717, 1.165) is 5.39 Å². The van der Waals surface area contributed by atoms with Gasteiger partial charge in [-0.3, -0.25) is 0 Å². The lowest BCUT2D eigenvalue weighted by atomic mass is 10.2. The summed E-state index contributed by atoms with van der Waals surface area (Å²) in [6, 6.07) is 4.91. The number of rotatable bonds is 1. The smallest absolute Gasteiger partial charge is 0.141 e. The maximum atomic E-state index is 9.22. The molecule has 12 heavy (non-hydrogen) atoms. The number of hydrogen-bond donors (Lipinski definition) is 1. The minimum atomic E-state index is 0.148. The Kier molecular flexibility index (Phi) is 1.43. The second kappa shape index (κ2) is 2.44. The summed E-state index contributed by atoms with van der Waals surface area (Å²) < 4.78 is 10.1. The van der Waals surface area contributed by atoms with Crippen molar-refractivity contribution in [2.24, 2.45) is 0 Å². The SMILES string of the molecule is COc1cc(O)cc2occc12. The Balaban J connectivity index is 2.80. The number of aromatic hydroxyl groups is 1. The Morgan fingerprint density at radius 2 is 2.25 bits per heavy atom. The van der Waals surface area contributed by atoms with Crippen LogP contribution in [0.15, 0.2) is 28.9 Å². The molecule has 0 amide bonds. The van der Waals surface area contributed by atoms with Gasteiger partial charge in [-0.05, 0) is 6.07 Å². The van der Waals surface area contributed by atoms with Crippen molar-refractivity contribution >= 4 is 11.0 Å². The van der Waals surface area contributed by atoms with Gasteiger partial charge in [0.25, 0.3) is 0 Å². The molecule has 0 atom stereocenters. The van der Waals surface area contributed by atoms with Gasteiger partial charge in [-0.15, -0.1) is 0 Å². The molecular formula is C9H8O3. The lowest BCUT2D eigenvalue weighted by Crippen LogP contribution is -1.82. The average molecular weight is 164 g/mol. The van der Waals surface area contributed by atoms with Crippen LogP contribution >= 0.6 is 0 Å². The Morgan fingerprint density at radius 3 is 3.00 bits per heavy atom. The number of ether oxygens (including phenoxy) is 1. The van der Waals surface area contributed by atoms with Gasteiger partial charge >= 0.3 is 0 Å². The molecule has 2 aromatic rings. The van der Waals surface area contributed by atoms with Gasteiger partial charge < -0.3 is 14.3 Å². The maximum absolute atomic E-state index is 9.22. The summed E-state index contributed by atoms with van der Waals surface area (Å²) in [5.41, 5.74) is 0.631. The average Bonchev–Trinajstić information content (AvgIpc) is 2.50. The fraction of sp³-hybridized carbons (Fsp3) is 0.111. The van der Waals surface area contributed by atoms with Crippen molar-refractivity contribution in [3.8, 4) is 11.5 Å². The molecule has 0 unspecified atom stereocenters. The van der Waals surface area contributed by atoms with Gasteiger partial charge in [0, 0.05) is 12.1 Å². The molecule has 0 fully saturated rings. The van der Waals surface area contributed by atoms with Crippen molar-refractivity contribution in [1.82, 2.24) is 0 Å². The Labute approximate surface area is 69.2 Å². The van der Waals surface area contributed by atoms with Crippen LogP contribution in [0.3, 0.4) is 0 Å². The molecule has 1 N–H and O–H groups in total. The van der Waals surface area contributed by atoms with Gasteiger partial charge in [0.2, 0.25) is 0 Å².